The minimum Gasteiger partial charge on any atom is -0.494 e. The molecule has 0 amide bonds. The Hall–Kier alpha value is -1.02. The van der Waals surface area contributed by atoms with Crippen molar-refractivity contribution in [3.05, 3.63) is 29.3 Å². The van der Waals surface area contributed by atoms with Gasteiger partial charge in [0.2, 0.25) is 0 Å². The molecule has 0 bridgehead atoms. The predicted molar refractivity (Wildman–Crippen MR) is 82.9 cm³/mol. The quantitative estimate of drug-likeness (QED) is 0.760. The van der Waals surface area contributed by atoms with Gasteiger partial charge in [-0.3, -0.25) is 0 Å². The highest BCUT2D eigenvalue weighted by molar-refractivity contribution is 5.40. The van der Waals surface area contributed by atoms with Gasteiger partial charge >= 0.3 is 0 Å². The van der Waals surface area contributed by atoms with Gasteiger partial charge in [-0.1, -0.05) is 26.0 Å². The SMILES string of the molecule is CCOc1ccc(CC)cc1C(CC)CCC(C)N. The molecular formula is C17H29NO. The van der Waals surface area contributed by atoms with E-state index in [4.69, 9.17) is 10.5 Å². The first-order valence-corrected chi connectivity index (χ1v) is 7.63. The van der Waals surface area contributed by atoms with Gasteiger partial charge in [-0.15, -0.1) is 0 Å². The van der Waals surface area contributed by atoms with E-state index in [1.165, 1.54) is 11.1 Å². The molecule has 2 nitrogen and oxygen atoms in total. The summed E-state index contributed by atoms with van der Waals surface area (Å²) in [7, 11) is 0. The molecule has 0 aliphatic carbocycles. The molecule has 2 N–H and O–H groups in total. The van der Waals surface area contributed by atoms with Crippen molar-refractivity contribution in [1.82, 2.24) is 0 Å². The number of aryl methyl sites for hydroxylation is 1. The second-order valence-corrected chi connectivity index (χ2v) is 5.32. The molecule has 1 aromatic rings. The van der Waals surface area contributed by atoms with Gasteiger partial charge in [-0.2, -0.15) is 0 Å². The molecule has 0 radical (unpaired) electrons. The summed E-state index contributed by atoms with van der Waals surface area (Å²) in [6.45, 7) is 9.30. The van der Waals surface area contributed by atoms with E-state index < -0.39 is 0 Å². The van der Waals surface area contributed by atoms with E-state index in [0.29, 0.717) is 5.92 Å². The average Bonchev–Trinajstić information content (AvgIpc) is 2.41. The van der Waals surface area contributed by atoms with Crippen LogP contribution in [0.4, 0.5) is 0 Å². The number of rotatable bonds is 8. The number of ether oxygens (including phenoxy) is 1. The molecule has 1 aromatic carbocycles. The molecule has 108 valence electrons. The van der Waals surface area contributed by atoms with E-state index in [1.54, 1.807) is 0 Å². The predicted octanol–water partition coefficient (Wildman–Crippen LogP) is 4.27. The summed E-state index contributed by atoms with van der Waals surface area (Å²) in [6.07, 6.45) is 4.42. The molecule has 0 fully saturated rings. The molecule has 0 saturated heterocycles. The van der Waals surface area contributed by atoms with Crippen molar-refractivity contribution in [2.45, 2.75) is 65.3 Å². The first kappa shape index (κ1) is 16.0. The van der Waals surface area contributed by atoms with Crippen LogP contribution in [-0.2, 0) is 6.42 Å². The summed E-state index contributed by atoms with van der Waals surface area (Å²) in [5.41, 5.74) is 8.65. The Bertz CT molecular complexity index is 374. The Morgan fingerprint density at radius 1 is 1.16 bits per heavy atom. The van der Waals surface area contributed by atoms with Gasteiger partial charge < -0.3 is 10.5 Å². The van der Waals surface area contributed by atoms with E-state index in [0.717, 1.165) is 38.0 Å². The number of nitrogens with two attached hydrogens (primary N) is 1. The Morgan fingerprint density at radius 3 is 2.42 bits per heavy atom. The molecule has 2 heteroatoms. The minimum absolute atomic E-state index is 0.277. The Morgan fingerprint density at radius 2 is 1.89 bits per heavy atom. The van der Waals surface area contributed by atoms with Crippen molar-refractivity contribution in [3.63, 3.8) is 0 Å². The van der Waals surface area contributed by atoms with Crippen LogP contribution >= 0.6 is 0 Å². The second-order valence-electron chi connectivity index (χ2n) is 5.32. The van der Waals surface area contributed by atoms with E-state index >= 15 is 0 Å². The van der Waals surface area contributed by atoms with E-state index in [-0.39, 0.29) is 6.04 Å². The monoisotopic (exact) mass is 263 g/mol. The third-order valence-corrected chi connectivity index (χ3v) is 3.69. The lowest BCUT2D eigenvalue weighted by Crippen LogP contribution is -2.16. The third kappa shape index (κ3) is 4.87. The van der Waals surface area contributed by atoms with Gasteiger partial charge in [-0.25, -0.2) is 0 Å². The molecule has 2 unspecified atom stereocenters. The van der Waals surface area contributed by atoms with Gasteiger partial charge in [0.1, 0.15) is 5.75 Å². The normalized spacial score (nSPS) is 14.2. The zero-order valence-corrected chi connectivity index (χ0v) is 12.9. The average molecular weight is 263 g/mol. The fraction of sp³-hybridized carbons (Fsp3) is 0.647. The van der Waals surface area contributed by atoms with E-state index in [9.17, 15) is 0 Å². The Kier molecular flexibility index (Phi) is 6.93. The van der Waals surface area contributed by atoms with Gasteiger partial charge in [-0.05, 0) is 62.6 Å². The largest absolute Gasteiger partial charge is 0.494 e. The maximum absolute atomic E-state index is 5.90. The highest BCUT2D eigenvalue weighted by Crippen LogP contribution is 2.33. The molecule has 0 spiro atoms. The Labute approximate surface area is 118 Å². The van der Waals surface area contributed by atoms with E-state index in [1.807, 2.05) is 6.92 Å². The van der Waals surface area contributed by atoms with Gasteiger partial charge in [0, 0.05) is 6.04 Å². The second kappa shape index (κ2) is 8.21. The molecular weight excluding hydrogens is 234 g/mol. The standard InChI is InChI=1S/C17H29NO/c1-5-14-9-11-17(19-7-3)16(12-14)15(6-2)10-8-13(4)18/h9,11-13,15H,5-8,10,18H2,1-4H3. The molecule has 0 aliphatic heterocycles. The van der Waals surface area contributed by atoms with E-state index in [2.05, 4.69) is 39.0 Å². The highest BCUT2D eigenvalue weighted by atomic mass is 16.5. The molecule has 0 aromatic heterocycles. The molecule has 0 saturated carbocycles. The van der Waals surface area contributed by atoms with Crippen LogP contribution in [-0.4, -0.2) is 12.6 Å². The first-order valence-electron chi connectivity index (χ1n) is 7.63. The maximum Gasteiger partial charge on any atom is 0.122 e. The summed E-state index contributed by atoms with van der Waals surface area (Å²) < 4.78 is 5.79. The van der Waals surface area contributed by atoms with Crippen LogP contribution in [0.15, 0.2) is 18.2 Å². The van der Waals surface area contributed by atoms with Crippen LogP contribution in [0.5, 0.6) is 5.75 Å². The first-order chi connectivity index (χ1) is 9.12. The van der Waals surface area contributed by atoms with Crippen LogP contribution in [0.3, 0.4) is 0 Å². The zero-order chi connectivity index (χ0) is 14.3. The Balaban J connectivity index is 2.97. The van der Waals surface area contributed by atoms with Crippen LogP contribution in [0.2, 0.25) is 0 Å². The lowest BCUT2D eigenvalue weighted by Gasteiger charge is -2.21. The van der Waals surface area contributed by atoms with Crippen LogP contribution < -0.4 is 10.5 Å². The van der Waals surface area contributed by atoms with Crippen LogP contribution in [0, 0.1) is 0 Å². The third-order valence-electron chi connectivity index (χ3n) is 3.69. The van der Waals surface area contributed by atoms with Crippen molar-refractivity contribution in [1.29, 1.82) is 0 Å². The smallest absolute Gasteiger partial charge is 0.122 e. The van der Waals surface area contributed by atoms with Gasteiger partial charge in [0.25, 0.3) is 0 Å². The van der Waals surface area contributed by atoms with Crippen molar-refractivity contribution in [2.75, 3.05) is 6.61 Å². The fourth-order valence-electron chi connectivity index (χ4n) is 2.47. The van der Waals surface area contributed by atoms with Gasteiger partial charge in [0.15, 0.2) is 0 Å². The summed E-state index contributed by atoms with van der Waals surface area (Å²) in [5.74, 6) is 1.61. The summed E-state index contributed by atoms with van der Waals surface area (Å²) in [5, 5.41) is 0. The molecule has 0 aliphatic rings. The summed E-state index contributed by atoms with van der Waals surface area (Å²) >= 11 is 0. The minimum atomic E-state index is 0.277. The summed E-state index contributed by atoms with van der Waals surface area (Å²) in [4.78, 5) is 0. The topological polar surface area (TPSA) is 35.2 Å². The number of benzene rings is 1. The van der Waals surface area contributed by atoms with Gasteiger partial charge in [0.05, 0.1) is 6.61 Å². The van der Waals surface area contributed by atoms with Crippen LogP contribution in [0.25, 0.3) is 0 Å². The van der Waals surface area contributed by atoms with Crippen molar-refractivity contribution in [2.24, 2.45) is 5.73 Å². The van der Waals surface area contributed by atoms with Crippen LogP contribution in [0.1, 0.15) is 64.0 Å². The number of hydrogen-bond acceptors (Lipinski definition) is 2. The molecule has 0 heterocycles. The highest BCUT2D eigenvalue weighted by Gasteiger charge is 2.15. The molecule has 19 heavy (non-hydrogen) atoms. The maximum atomic E-state index is 5.90. The zero-order valence-electron chi connectivity index (χ0n) is 12.9. The fourth-order valence-corrected chi connectivity index (χ4v) is 2.47. The molecule has 2 atom stereocenters. The van der Waals surface area contributed by atoms with Crippen molar-refractivity contribution in [3.8, 4) is 5.75 Å². The lowest BCUT2D eigenvalue weighted by molar-refractivity contribution is 0.332. The number of hydrogen-bond donors (Lipinski definition) is 1. The van der Waals surface area contributed by atoms with Crippen molar-refractivity contribution >= 4 is 0 Å². The summed E-state index contributed by atoms with van der Waals surface area (Å²) in [6, 6.07) is 6.90. The molecule has 1 rings (SSSR count). The van der Waals surface area contributed by atoms with Crippen molar-refractivity contribution < 1.29 is 4.74 Å². The lowest BCUT2D eigenvalue weighted by atomic mass is 9.88.